The van der Waals surface area contributed by atoms with Gasteiger partial charge in [-0.3, -0.25) is 14.9 Å². The molecule has 2 aliphatic heterocycles. The van der Waals surface area contributed by atoms with Gasteiger partial charge in [0, 0.05) is 30.8 Å². The Kier molecular flexibility index (Phi) is 4.88. The van der Waals surface area contributed by atoms with Crippen molar-refractivity contribution >= 4 is 23.6 Å². The average molecular weight is 365 g/mol. The number of ether oxygens (including phenoxy) is 1. The van der Waals surface area contributed by atoms with Crippen LogP contribution in [0.25, 0.3) is 0 Å². The smallest absolute Gasteiger partial charge is 0.412 e. The van der Waals surface area contributed by atoms with E-state index in [-0.39, 0.29) is 24.4 Å². The third-order valence-electron chi connectivity index (χ3n) is 4.41. The summed E-state index contributed by atoms with van der Waals surface area (Å²) in [6.45, 7) is 3.99. The molecule has 3 amide bonds. The quantitative estimate of drug-likeness (QED) is 0.624. The molecule has 7 nitrogen and oxygen atoms in total. The molecule has 1 unspecified atom stereocenters. The molecular formula is C17H17F2N3O4. The molecule has 138 valence electrons. The number of rotatable bonds is 4. The highest BCUT2D eigenvalue weighted by atomic mass is 19.1. The van der Waals surface area contributed by atoms with Gasteiger partial charge in [-0.2, -0.15) is 0 Å². The maximum absolute atomic E-state index is 14.5. The fourth-order valence-electron chi connectivity index (χ4n) is 3.11. The zero-order valence-corrected chi connectivity index (χ0v) is 13.8. The van der Waals surface area contributed by atoms with Crippen molar-refractivity contribution in [1.82, 2.24) is 10.6 Å². The lowest BCUT2D eigenvalue weighted by Gasteiger charge is -2.41. The highest BCUT2D eigenvalue weighted by Crippen LogP contribution is 2.33. The Morgan fingerprint density at radius 2 is 1.96 bits per heavy atom. The molecule has 0 saturated carbocycles. The van der Waals surface area contributed by atoms with Crippen LogP contribution in [0.4, 0.5) is 19.3 Å². The molecular weight excluding hydrogens is 348 g/mol. The van der Waals surface area contributed by atoms with E-state index < -0.39 is 35.5 Å². The second-order valence-corrected chi connectivity index (χ2v) is 6.14. The van der Waals surface area contributed by atoms with Gasteiger partial charge in [0.2, 0.25) is 11.8 Å². The number of hydrogen-bond acceptors (Lipinski definition) is 5. The number of carbonyl (C=O) groups is 3. The van der Waals surface area contributed by atoms with Gasteiger partial charge < -0.3 is 15.0 Å². The van der Waals surface area contributed by atoms with Gasteiger partial charge in [0.15, 0.2) is 0 Å². The highest BCUT2D eigenvalue weighted by Gasteiger charge is 2.34. The Morgan fingerprint density at radius 1 is 1.31 bits per heavy atom. The van der Waals surface area contributed by atoms with Crippen LogP contribution in [0.15, 0.2) is 25.0 Å². The SMILES string of the molecule is C=COC(=O)NC1CN(c2cc(F)c(C3CCC(=O)NC3=O)c(F)c2)C1. The summed E-state index contributed by atoms with van der Waals surface area (Å²) in [6.07, 6.45) is 0.468. The van der Waals surface area contributed by atoms with E-state index in [2.05, 4.69) is 21.9 Å². The summed E-state index contributed by atoms with van der Waals surface area (Å²) in [5, 5.41) is 4.67. The molecule has 0 spiro atoms. The summed E-state index contributed by atoms with van der Waals surface area (Å²) in [4.78, 5) is 36.0. The standard InChI is InChI=1S/C17H17F2N3O4/c1-2-26-17(25)20-9-7-22(8-9)10-5-12(18)15(13(19)6-10)11-3-4-14(23)21-16(11)24/h2,5-6,9,11H,1,3-4,7-8H2,(H,20,25)(H,21,23,24). The zero-order valence-electron chi connectivity index (χ0n) is 13.8. The molecule has 1 atom stereocenters. The lowest BCUT2D eigenvalue weighted by atomic mass is 9.89. The minimum atomic E-state index is -1.03. The van der Waals surface area contributed by atoms with Gasteiger partial charge in [-0.15, -0.1) is 0 Å². The Morgan fingerprint density at radius 3 is 2.54 bits per heavy atom. The van der Waals surface area contributed by atoms with Crippen LogP contribution in [-0.2, 0) is 14.3 Å². The monoisotopic (exact) mass is 365 g/mol. The van der Waals surface area contributed by atoms with Crippen molar-refractivity contribution in [2.75, 3.05) is 18.0 Å². The fourth-order valence-corrected chi connectivity index (χ4v) is 3.11. The number of halogens is 2. The van der Waals surface area contributed by atoms with E-state index in [0.29, 0.717) is 18.8 Å². The Labute approximate surface area is 148 Å². The number of nitrogens with zero attached hydrogens (tertiary/aromatic N) is 1. The predicted molar refractivity (Wildman–Crippen MR) is 87.3 cm³/mol. The third-order valence-corrected chi connectivity index (χ3v) is 4.41. The van der Waals surface area contributed by atoms with Crippen LogP contribution in [0, 0.1) is 11.6 Å². The number of hydrogen-bond donors (Lipinski definition) is 2. The van der Waals surface area contributed by atoms with Gasteiger partial charge in [-0.25, -0.2) is 13.6 Å². The first kappa shape index (κ1) is 17.8. The molecule has 0 radical (unpaired) electrons. The third kappa shape index (κ3) is 3.51. The number of imide groups is 1. The first-order valence-electron chi connectivity index (χ1n) is 8.04. The number of anilines is 1. The van der Waals surface area contributed by atoms with E-state index in [0.717, 1.165) is 18.4 Å². The van der Waals surface area contributed by atoms with Crippen LogP contribution >= 0.6 is 0 Å². The summed E-state index contributed by atoms with van der Waals surface area (Å²) in [6, 6.07) is 2.10. The van der Waals surface area contributed by atoms with E-state index in [9.17, 15) is 23.2 Å². The summed E-state index contributed by atoms with van der Waals surface area (Å²) in [5.74, 6) is -3.84. The molecule has 0 aromatic heterocycles. The van der Waals surface area contributed by atoms with Crippen LogP contribution in [0.3, 0.4) is 0 Å². The molecule has 2 N–H and O–H groups in total. The molecule has 0 aliphatic carbocycles. The van der Waals surface area contributed by atoms with Crippen molar-refractivity contribution in [2.45, 2.75) is 24.8 Å². The number of alkyl carbamates (subject to hydrolysis) is 1. The first-order valence-corrected chi connectivity index (χ1v) is 8.04. The molecule has 2 aliphatic rings. The van der Waals surface area contributed by atoms with Crippen molar-refractivity contribution in [2.24, 2.45) is 0 Å². The summed E-state index contributed by atoms with van der Waals surface area (Å²) >= 11 is 0. The summed E-state index contributed by atoms with van der Waals surface area (Å²) in [7, 11) is 0. The van der Waals surface area contributed by atoms with Crippen LogP contribution < -0.4 is 15.5 Å². The topological polar surface area (TPSA) is 87.7 Å². The van der Waals surface area contributed by atoms with Crippen molar-refractivity contribution in [3.05, 3.63) is 42.2 Å². The lowest BCUT2D eigenvalue weighted by Crippen LogP contribution is -2.59. The fraction of sp³-hybridized carbons (Fsp3) is 0.353. The number of benzene rings is 1. The van der Waals surface area contributed by atoms with Crippen molar-refractivity contribution in [1.29, 1.82) is 0 Å². The van der Waals surface area contributed by atoms with E-state index in [1.54, 1.807) is 4.90 Å². The Bertz CT molecular complexity index is 754. The minimum Gasteiger partial charge on any atom is -0.419 e. The highest BCUT2D eigenvalue weighted by molar-refractivity contribution is 6.01. The Balaban J connectivity index is 1.69. The molecule has 2 heterocycles. The number of piperidine rings is 1. The van der Waals surface area contributed by atoms with Crippen LogP contribution in [0.5, 0.6) is 0 Å². The van der Waals surface area contributed by atoms with E-state index in [1.807, 2.05) is 0 Å². The van der Waals surface area contributed by atoms with Crippen LogP contribution in [0.2, 0.25) is 0 Å². The van der Waals surface area contributed by atoms with Crippen LogP contribution in [0.1, 0.15) is 24.3 Å². The van der Waals surface area contributed by atoms with Gasteiger partial charge >= 0.3 is 6.09 Å². The van der Waals surface area contributed by atoms with Gasteiger partial charge in [0.05, 0.1) is 18.2 Å². The zero-order chi connectivity index (χ0) is 18.8. The van der Waals surface area contributed by atoms with E-state index >= 15 is 0 Å². The average Bonchev–Trinajstić information content (AvgIpc) is 2.52. The van der Waals surface area contributed by atoms with Crippen molar-refractivity contribution < 1.29 is 27.9 Å². The first-order chi connectivity index (χ1) is 12.4. The molecule has 26 heavy (non-hydrogen) atoms. The maximum Gasteiger partial charge on any atom is 0.412 e. The molecule has 9 heteroatoms. The second-order valence-electron chi connectivity index (χ2n) is 6.14. The predicted octanol–water partition coefficient (Wildman–Crippen LogP) is 1.54. The van der Waals surface area contributed by atoms with Crippen LogP contribution in [-0.4, -0.2) is 37.0 Å². The van der Waals surface area contributed by atoms with Gasteiger partial charge in [-0.1, -0.05) is 6.58 Å². The minimum absolute atomic E-state index is 0.0390. The molecule has 3 rings (SSSR count). The summed E-state index contributed by atoms with van der Waals surface area (Å²) in [5.41, 5.74) is -0.0188. The van der Waals surface area contributed by atoms with E-state index in [4.69, 9.17) is 0 Å². The second kappa shape index (κ2) is 7.11. The van der Waals surface area contributed by atoms with Gasteiger partial charge in [0.1, 0.15) is 11.6 Å². The molecule has 1 aromatic carbocycles. The Hall–Kier alpha value is -2.97. The molecule has 0 bridgehead atoms. The van der Waals surface area contributed by atoms with E-state index in [1.165, 1.54) is 0 Å². The molecule has 2 saturated heterocycles. The number of carbonyl (C=O) groups excluding carboxylic acids is 3. The van der Waals surface area contributed by atoms with Gasteiger partial charge in [-0.05, 0) is 18.6 Å². The normalized spacial score (nSPS) is 20.2. The summed E-state index contributed by atoms with van der Waals surface area (Å²) < 4.78 is 33.5. The maximum atomic E-state index is 14.5. The van der Waals surface area contributed by atoms with Gasteiger partial charge in [0.25, 0.3) is 0 Å². The molecule has 1 aromatic rings. The number of nitrogens with one attached hydrogen (secondary N) is 2. The molecule has 2 fully saturated rings. The number of amides is 3. The van der Waals surface area contributed by atoms with Crippen molar-refractivity contribution in [3.8, 4) is 0 Å². The largest absolute Gasteiger partial charge is 0.419 e. The van der Waals surface area contributed by atoms with Crippen molar-refractivity contribution in [3.63, 3.8) is 0 Å². The lowest BCUT2D eigenvalue weighted by molar-refractivity contribution is -0.134.